The van der Waals surface area contributed by atoms with Gasteiger partial charge in [0.1, 0.15) is 0 Å². The van der Waals surface area contributed by atoms with Gasteiger partial charge in [-0.15, -0.1) is 0 Å². The summed E-state index contributed by atoms with van der Waals surface area (Å²) in [6, 6.07) is 3.63. The maximum atomic E-state index is 12.2. The Kier molecular flexibility index (Phi) is 3.74. The number of aryl methyl sites for hydroxylation is 1. The van der Waals surface area contributed by atoms with Gasteiger partial charge in [-0.2, -0.15) is 0 Å². The Morgan fingerprint density at radius 1 is 1.53 bits per heavy atom. The van der Waals surface area contributed by atoms with Crippen molar-refractivity contribution in [3.8, 4) is 0 Å². The molecule has 0 radical (unpaired) electrons. The number of hydrogen-bond acceptors (Lipinski definition) is 3. The molecule has 2 heterocycles. The van der Waals surface area contributed by atoms with Crippen LogP contribution in [-0.4, -0.2) is 35.4 Å². The molecule has 1 amide bonds. The highest BCUT2D eigenvalue weighted by atomic mass is 16.2. The van der Waals surface area contributed by atoms with E-state index in [1.807, 2.05) is 17.9 Å². The van der Waals surface area contributed by atoms with Gasteiger partial charge in [0, 0.05) is 30.5 Å². The molecule has 0 unspecified atom stereocenters. The molecule has 0 aromatic carbocycles. The van der Waals surface area contributed by atoms with E-state index in [9.17, 15) is 4.79 Å². The van der Waals surface area contributed by atoms with Crippen molar-refractivity contribution in [2.24, 2.45) is 11.7 Å². The molecule has 1 aromatic heterocycles. The van der Waals surface area contributed by atoms with Gasteiger partial charge in [0.2, 0.25) is 0 Å². The smallest absolute Gasteiger partial charge is 0.253 e. The minimum atomic E-state index is 0.117. The van der Waals surface area contributed by atoms with Crippen molar-refractivity contribution in [2.75, 3.05) is 19.6 Å². The zero-order chi connectivity index (χ0) is 12.3. The van der Waals surface area contributed by atoms with Crippen LogP contribution in [0.5, 0.6) is 0 Å². The summed E-state index contributed by atoms with van der Waals surface area (Å²) in [4.78, 5) is 18.2. The van der Waals surface area contributed by atoms with Crippen molar-refractivity contribution in [2.45, 2.75) is 19.8 Å². The lowest BCUT2D eigenvalue weighted by molar-refractivity contribution is 0.0693. The summed E-state index contributed by atoms with van der Waals surface area (Å²) in [6.07, 6.45) is 3.73. The van der Waals surface area contributed by atoms with Crippen LogP contribution in [0.1, 0.15) is 28.9 Å². The van der Waals surface area contributed by atoms with Crippen LogP contribution in [-0.2, 0) is 0 Å². The van der Waals surface area contributed by atoms with Gasteiger partial charge < -0.3 is 10.6 Å². The average Bonchev–Trinajstić information content (AvgIpc) is 2.38. The highest BCUT2D eigenvalue weighted by Gasteiger charge is 2.22. The van der Waals surface area contributed by atoms with E-state index < -0.39 is 0 Å². The fraction of sp³-hybridized carbons (Fsp3) is 0.538. The Hall–Kier alpha value is -1.42. The van der Waals surface area contributed by atoms with E-state index in [-0.39, 0.29) is 5.91 Å². The molecular weight excluding hydrogens is 214 g/mol. The molecule has 4 nitrogen and oxygen atoms in total. The predicted octanol–water partition coefficient (Wildman–Crippen LogP) is 1.20. The van der Waals surface area contributed by atoms with Gasteiger partial charge in [0.25, 0.3) is 5.91 Å². The lowest BCUT2D eigenvalue weighted by Gasteiger charge is -2.31. The lowest BCUT2D eigenvalue weighted by Crippen LogP contribution is -2.40. The van der Waals surface area contributed by atoms with Crippen LogP contribution < -0.4 is 5.73 Å². The van der Waals surface area contributed by atoms with E-state index in [1.165, 1.54) is 0 Å². The number of pyridine rings is 1. The molecule has 1 saturated heterocycles. The van der Waals surface area contributed by atoms with E-state index in [0.29, 0.717) is 5.92 Å². The molecule has 2 rings (SSSR count). The number of carbonyl (C=O) groups is 1. The molecule has 92 valence electrons. The Morgan fingerprint density at radius 2 is 2.24 bits per heavy atom. The third-order valence-electron chi connectivity index (χ3n) is 3.38. The van der Waals surface area contributed by atoms with E-state index in [1.54, 1.807) is 12.3 Å². The van der Waals surface area contributed by atoms with Crippen molar-refractivity contribution in [1.82, 2.24) is 9.88 Å². The average molecular weight is 233 g/mol. The van der Waals surface area contributed by atoms with Crippen LogP contribution in [0.3, 0.4) is 0 Å². The SMILES string of the molecule is Cc1cc(C(=O)N2CCC(CN)CC2)ccn1. The van der Waals surface area contributed by atoms with Gasteiger partial charge in [-0.25, -0.2) is 0 Å². The highest BCUT2D eigenvalue weighted by molar-refractivity contribution is 5.94. The fourth-order valence-corrected chi connectivity index (χ4v) is 2.23. The topological polar surface area (TPSA) is 59.2 Å². The van der Waals surface area contributed by atoms with Crippen molar-refractivity contribution >= 4 is 5.91 Å². The summed E-state index contributed by atoms with van der Waals surface area (Å²) in [6.45, 7) is 4.28. The number of amides is 1. The number of hydrogen-bond donors (Lipinski definition) is 1. The Morgan fingerprint density at radius 3 is 2.82 bits per heavy atom. The third kappa shape index (κ3) is 2.82. The quantitative estimate of drug-likeness (QED) is 0.835. The number of rotatable bonds is 2. The summed E-state index contributed by atoms with van der Waals surface area (Å²) in [7, 11) is 0. The van der Waals surface area contributed by atoms with Crippen molar-refractivity contribution in [1.29, 1.82) is 0 Å². The molecule has 0 atom stereocenters. The first kappa shape index (κ1) is 12.0. The summed E-state index contributed by atoms with van der Waals surface area (Å²) in [5, 5.41) is 0. The number of piperidine rings is 1. The van der Waals surface area contributed by atoms with E-state index in [4.69, 9.17) is 5.73 Å². The van der Waals surface area contributed by atoms with Crippen molar-refractivity contribution in [3.63, 3.8) is 0 Å². The number of nitrogens with two attached hydrogens (primary N) is 1. The minimum absolute atomic E-state index is 0.117. The molecule has 1 aromatic rings. The normalized spacial score (nSPS) is 17.2. The van der Waals surface area contributed by atoms with Crippen LogP contribution >= 0.6 is 0 Å². The molecular formula is C13H19N3O. The number of carbonyl (C=O) groups excluding carboxylic acids is 1. The molecule has 0 bridgehead atoms. The Labute approximate surface area is 102 Å². The molecule has 1 aliphatic heterocycles. The van der Waals surface area contributed by atoms with Crippen LogP contribution in [0.25, 0.3) is 0 Å². The van der Waals surface area contributed by atoms with Crippen LogP contribution in [0.4, 0.5) is 0 Å². The second kappa shape index (κ2) is 5.27. The first-order valence-electron chi connectivity index (χ1n) is 6.12. The van der Waals surface area contributed by atoms with E-state index in [0.717, 1.165) is 43.7 Å². The molecule has 17 heavy (non-hydrogen) atoms. The summed E-state index contributed by atoms with van der Waals surface area (Å²) < 4.78 is 0. The first-order valence-corrected chi connectivity index (χ1v) is 6.12. The maximum absolute atomic E-state index is 12.2. The molecule has 4 heteroatoms. The van der Waals surface area contributed by atoms with Crippen LogP contribution in [0.2, 0.25) is 0 Å². The largest absolute Gasteiger partial charge is 0.339 e. The van der Waals surface area contributed by atoms with Gasteiger partial charge in [0.05, 0.1) is 0 Å². The number of likely N-dealkylation sites (tertiary alicyclic amines) is 1. The molecule has 0 spiro atoms. The van der Waals surface area contributed by atoms with Crippen LogP contribution in [0, 0.1) is 12.8 Å². The second-order valence-electron chi connectivity index (χ2n) is 4.66. The zero-order valence-electron chi connectivity index (χ0n) is 10.2. The van der Waals surface area contributed by atoms with Crippen LogP contribution in [0.15, 0.2) is 18.3 Å². The van der Waals surface area contributed by atoms with E-state index >= 15 is 0 Å². The Bertz CT molecular complexity index is 397. The van der Waals surface area contributed by atoms with Crippen molar-refractivity contribution < 1.29 is 4.79 Å². The molecule has 1 aliphatic rings. The van der Waals surface area contributed by atoms with Gasteiger partial charge in [-0.3, -0.25) is 9.78 Å². The summed E-state index contributed by atoms with van der Waals surface area (Å²) >= 11 is 0. The molecule has 1 fully saturated rings. The fourth-order valence-electron chi connectivity index (χ4n) is 2.23. The zero-order valence-corrected chi connectivity index (χ0v) is 10.2. The number of nitrogens with zero attached hydrogens (tertiary/aromatic N) is 2. The van der Waals surface area contributed by atoms with Crippen molar-refractivity contribution in [3.05, 3.63) is 29.6 Å². The first-order chi connectivity index (χ1) is 8.20. The summed E-state index contributed by atoms with van der Waals surface area (Å²) in [5.41, 5.74) is 7.27. The Balaban J connectivity index is 2.02. The van der Waals surface area contributed by atoms with E-state index in [2.05, 4.69) is 4.98 Å². The van der Waals surface area contributed by atoms with Gasteiger partial charge in [-0.1, -0.05) is 0 Å². The molecule has 0 saturated carbocycles. The third-order valence-corrected chi connectivity index (χ3v) is 3.38. The number of aromatic nitrogens is 1. The summed E-state index contributed by atoms with van der Waals surface area (Å²) in [5.74, 6) is 0.698. The molecule has 0 aliphatic carbocycles. The minimum Gasteiger partial charge on any atom is -0.339 e. The maximum Gasteiger partial charge on any atom is 0.253 e. The van der Waals surface area contributed by atoms with Gasteiger partial charge in [0.15, 0.2) is 0 Å². The monoisotopic (exact) mass is 233 g/mol. The molecule has 2 N–H and O–H groups in total. The van der Waals surface area contributed by atoms with Gasteiger partial charge >= 0.3 is 0 Å². The highest BCUT2D eigenvalue weighted by Crippen LogP contribution is 2.18. The lowest BCUT2D eigenvalue weighted by atomic mass is 9.96. The second-order valence-corrected chi connectivity index (χ2v) is 4.66. The standard InChI is InChI=1S/C13H19N3O/c1-10-8-12(2-5-15-10)13(17)16-6-3-11(9-14)4-7-16/h2,5,8,11H,3-4,6-7,9,14H2,1H3. The van der Waals surface area contributed by atoms with Gasteiger partial charge in [-0.05, 0) is 44.4 Å². The predicted molar refractivity (Wildman–Crippen MR) is 66.7 cm³/mol.